The standard InChI is InChI=1S/C15H16N2O2S/c1-10-6-7-11-4-2-3-5-13(11)17(10)8-12-9-20-14(16-12)15(18)19/h2-5,9-10H,6-8H2,1H3,(H,18,19). The fourth-order valence-electron chi connectivity index (χ4n) is 2.65. The van der Waals surface area contributed by atoms with Crippen LogP contribution in [0.3, 0.4) is 0 Å². The van der Waals surface area contributed by atoms with Gasteiger partial charge in [0.15, 0.2) is 0 Å². The van der Waals surface area contributed by atoms with Crippen molar-refractivity contribution in [3.63, 3.8) is 0 Å². The third-order valence-electron chi connectivity index (χ3n) is 3.73. The van der Waals surface area contributed by atoms with Crippen LogP contribution in [0, 0.1) is 0 Å². The maximum absolute atomic E-state index is 10.9. The number of nitrogens with zero attached hydrogens (tertiary/aromatic N) is 2. The summed E-state index contributed by atoms with van der Waals surface area (Å²) in [6, 6.07) is 8.86. The molecule has 104 valence electrons. The molecule has 3 rings (SSSR count). The molecule has 0 saturated heterocycles. The first-order chi connectivity index (χ1) is 9.65. The number of hydrogen-bond acceptors (Lipinski definition) is 4. The van der Waals surface area contributed by atoms with Gasteiger partial charge in [-0.25, -0.2) is 9.78 Å². The van der Waals surface area contributed by atoms with Crippen molar-refractivity contribution in [2.75, 3.05) is 4.90 Å². The van der Waals surface area contributed by atoms with E-state index in [4.69, 9.17) is 5.11 Å². The highest BCUT2D eigenvalue weighted by molar-refractivity contribution is 7.11. The molecule has 0 amide bonds. The molecule has 0 fully saturated rings. The summed E-state index contributed by atoms with van der Waals surface area (Å²) in [6.45, 7) is 2.88. The third kappa shape index (κ3) is 2.41. The minimum absolute atomic E-state index is 0.165. The van der Waals surface area contributed by atoms with Crippen LogP contribution in [0.15, 0.2) is 29.6 Å². The SMILES string of the molecule is CC1CCc2ccccc2N1Cc1csc(C(=O)O)n1. The molecule has 1 unspecified atom stereocenters. The van der Waals surface area contributed by atoms with Crippen molar-refractivity contribution in [2.45, 2.75) is 32.4 Å². The number of aromatic nitrogens is 1. The van der Waals surface area contributed by atoms with Crippen LogP contribution < -0.4 is 4.90 Å². The lowest BCUT2D eigenvalue weighted by atomic mass is 9.96. The van der Waals surface area contributed by atoms with Crippen molar-refractivity contribution in [2.24, 2.45) is 0 Å². The zero-order valence-electron chi connectivity index (χ0n) is 11.2. The Morgan fingerprint density at radius 3 is 3.05 bits per heavy atom. The number of fused-ring (bicyclic) bond motifs is 1. The second-order valence-electron chi connectivity index (χ2n) is 5.09. The summed E-state index contributed by atoms with van der Waals surface area (Å²) in [5.41, 5.74) is 3.44. The topological polar surface area (TPSA) is 53.4 Å². The summed E-state index contributed by atoms with van der Waals surface area (Å²) < 4.78 is 0. The van der Waals surface area contributed by atoms with Crippen molar-refractivity contribution >= 4 is 23.0 Å². The van der Waals surface area contributed by atoms with Crippen molar-refractivity contribution in [3.05, 3.63) is 45.9 Å². The van der Waals surface area contributed by atoms with Gasteiger partial charge in [-0.1, -0.05) is 18.2 Å². The first-order valence-electron chi connectivity index (χ1n) is 6.67. The largest absolute Gasteiger partial charge is 0.476 e. The van der Waals surface area contributed by atoms with Gasteiger partial charge in [0.2, 0.25) is 5.01 Å². The van der Waals surface area contributed by atoms with Crippen molar-refractivity contribution in [1.82, 2.24) is 4.98 Å². The van der Waals surface area contributed by atoms with E-state index in [0.29, 0.717) is 12.6 Å². The van der Waals surface area contributed by atoms with Gasteiger partial charge in [0, 0.05) is 17.1 Å². The third-order valence-corrected chi connectivity index (χ3v) is 4.61. The molecule has 1 atom stereocenters. The minimum atomic E-state index is -0.951. The van der Waals surface area contributed by atoms with E-state index in [1.807, 2.05) is 11.4 Å². The van der Waals surface area contributed by atoms with E-state index in [-0.39, 0.29) is 5.01 Å². The van der Waals surface area contributed by atoms with Crippen molar-refractivity contribution < 1.29 is 9.90 Å². The summed E-state index contributed by atoms with van der Waals surface area (Å²) in [5, 5.41) is 11.0. The van der Waals surface area contributed by atoms with E-state index in [1.165, 1.54) is 22.6 Å². The first-order valence-corrected chi connectivity index (χ1v) is 7.55. The Labute approximate surface area is 121 Å². The molecule has 1 N–H and O–H groups in total. The number of carbonyl (C=O) groups is 1. The lowest BCUT2D eigenvalue weighted by Crippen LogP contribution is -2.36. The van der Waals surface area contributed by atoms with Gasteiger partial charge in [-0.2, -0.15) is 0 Å². The van der Waals surface area contributed by atoms with Gasteiger partial charge in [0.25, 0.3) is 0 Å². The molecule has 1 aliphatic heterocycles. The number of aryl methyl sites for hydroxylation is 1. The average molecular weight is 288 g/mol. The van der Waals surface area contributed by atoms with E-state index in [1.54, 1.807) is 0 Å². The Hall–Kier alpha value is -1.88. The average Bonchev–Trinajstić information content (AvgIpc) is 2.91. The number of aromatic carboxylic acids is 1. The Kier molecular flexibility index (Phi) is 3.44. The summed E-state index contributed by atoms with van der Waals surface area (Å²) in [7, 11) is 0. The van der Waals surface area contributed by atoms with Crippen LogP contribution in [0.2, 0.25) is 0 Å². The molecule has 1 aromatic carbocycles. The molecule has 4 nitrogen and oxygen atoms in total. The van der Waals surface area contributed by atoms with Gasteiger partial charge in [0.1, 0.15) is 0 Å². The highest BCUT2D eigenvalue weighted by atomic mass is 32.1. The number of thiazole rings is 1. The molecule has 2 heterocycles. The fourth-order valence-corrected chi connectivity index (χ4v) is 3.30. The molecule has 0 saturated carbocycles. The quantitative estimate of drug-likeness (QED) is 0.942. The maximum atomic E-state index is 10.9. The molecule has 0 radical (unpaired) electrons. The fraction of sp³-hybridized carbons (Fsp3) is 0.333. The highest BCUT2D eigenvalue weighted by Crippen LogP contribution is 2.31. The van der Waals surface area contributed by atoms with Crippen molar-refractivity contribution in [1.29, 1.82) is 0 Å². The minimum Gasteiger partial charge on any atom is -0.476 e. The monoisotopic (exact) mass is 288 g/mol. The van der Waals surface area contributed by atoms with E-state index in [2.05, 4.69) is 35.0 Å². The number of carboxylic acid groups (broad SMARTS) is 1. The van der Waals surface area contributed by atoms with Crippen LogP contribution in [0.5, 0.6) is 0 Å². The zero-order valence-corrected chi connectivity index (χ0v) is 12.1. The van der Waals surface area contributed by atoms with Crippen LogP contribution in [0.25, 0.3) is 0 Å². The molecular formula is C15H16N2O2S. The smallest absolute Gasteiger partial charge is 0.365 e. The Morgan fingerprint density at radius 2 is 2.30 bits per heavy atom. The van der Waals surface area contributed by atoms with Gasteiger partial charge in [-0.3, -0.25) is 0 Å². The molecule has 0 aliphatic carbocycles. The predicted octanol–water partition coefficient (Wildman–Crippen LogP) is 3.18. The molecular weight excluding hydrogens is 272 g/mol. The number of hydrogen-bond donors (Lipinski definition) is 1. The van der Waals surface area contributed by atoms with Gasteiger partial charge >= 0.3 is 5.97 Å². The molecule has 1 aliphatic rings. The first kappa shape index (κ1) is 13.1. The number of benzene rings is 1. The summed E-state index contributed by atoms with van der Waals surface area (Å²) in [5.74, 6) is -0.951. The molecule has 5 heteroatoms. The highest BCUT2D eigenvalue weighted by Gasteiger charge is 2.23. The van der Waals surface area contributed by atoms with Crippen LogP contribution in [-0.2, 0) is 13.0 Å². The predicted molar refractivity (Wildman–Crippen MR) is 79.5 cm³/mol. The van der Waals surface area contributed by atoms with E-state index >= 15 is 0 Å². The normalized spacial score (nSPS) is 17.9. The maximum Gasteiger partial charge on any atom is 0.365 e. The van der Waals surface area contributed by atoms with Crippen LogP contribution in [-0.4, -0.2) is 22.1 Å². The number of anilines is 1. The van der Waals surface area contributed by atoms with Crippen LogP contribution in [0.4, 0.5) is 5.69 Å². The van der Waals surface area contributed by atoms with Crippen LogP contribution >= 0.6 is 11.3 Å². The van der Waals surface area contributed by atoms with Gasteiger partial charge in [-0.05, 0) is 31.4 Å². The molecule has 0 bridgehead atoms. The lowest BCUT2D eigenvalue weighted by molar-refractivity contribution is 0.0696. The second kappa shape index (κ2) is 5.25. The zero-order chi connectivity index (χ0) is 14.1. The van der Waals surface area contributed by atoms with E-state index < -0.39 is 5.97 Å². The van der Waals surface area contributed by atoms with Gasteiger partial charge < -0.3 is 10.0 Å². The van der Waals surface area contributed by atoms with Crippen molar-refractivity contribution in [3.8, 4) is 0 Å². The molecule has 0 spiro atoms. The van der Waals surface area contributed by atoms with Gasteiger partial charge in [-0.15, -0.1) is 11.3 Å². The molecule has 2 aromatic rings. The second-order valence-corrected chi connectivity index (χ2v) is 5.95. The van der Waals surface area contributed by atoms with Gasteiger partial charge in [0.05, 0.1) is 12.2 Å². The number of rotatable bonds is 3. The number of carboxylic acids is 1. The van der Waals surface area contributed by atoms with E-state index in [0.717, 1.165) is 18.5 Å². The molecule has 20 heavy (non-hydrogen) atoms. The van der Waals surface area contributed by atoms with Crippen LogP contribution in [0.1, 0.15) is 34.4 Å². The number of para-hydroxylation sites is 1. The molecule has 1 aromatic heterocycles. The summed E-state index contributed by atoms with van der Waals surface area (Å²) in [4.78, 5) is 17.4. The Morgan fingerprint density at radius 1 is 1.50 bits per heavy atom. The Bertz CT molecular complexity index is 638. The summed E-state index contributed by atoms with van der Waals surface area (Å²) in [6.07, 6.45) is 2.22. The summed E-state index contributed by atoms with van der Waals surface area (Å²) >= 11 is 1.19. The Balaban J connectivity index is 1.87. The lowest BCUT2D eigenvalue weighted by Gasteiger charge is -2.36. The van der Waals surface area contributed by atoms with E-state index in [9.17, 15) is 4.79 Å².